The maximum absolute atomic E-state index is 10.8. The molecule has 1 rings (SSSR count). The minimum Gasteiger partial charge on any atom is -0.377 e. The van der Waals surface area contributed by atoms with Crippen molar-refractivity contribution < 1.29 is 4.74 Å². The Labute approximate surface area is 79.2 Å². The lowest BCUT2D eigenvalue weighted by molar-refractivity contribution is -0.0632. The second-order valence-corrected chi connectivity index (χ2v) is 4.18. The van der Waals surface area contributed by atoms with E-state index < -0.39 is 5.54 Å². The summed E-state index contributed by atoms with van der Waals surface area (Å²) in [6.45, 7) is 4.53. The molecule has 76 valence electrons. The largest absolute Gasteiger partial charge is 0.377 e. The minimum absolute atomic E-state index is 0.0754. The third kappa shape index (κ3) is 1.89. The SMILES string of the molecule is CC1OCCC(C)(N=O)C1N(C)C. The lowest BCUT2D eigenvalue weighted by Gasteiger charge is -2.43. The highest BCUT2D eigenvalue weighted by molar-refractivity contribution is 5.00. The quantitative estimate of drug-likeness (QED) is 0.609. The minimum atomic E-state index is -0.499. The molecule has 0 radical (unpaired) electrons. The average Bonchev–Trinajstić information content (AvgIpc) is 2.03. The Morgan fingerprint density at radius 2 is 2.15 bits per heavy atom. The fourth-order valence-electron chi connectivity index (χ4n) is 2.27. The molecule has 1 saturated heterocycles. The molecule has 1 fully saturated rings. The number of rotatable bonds is 2. The van der Waals surface area contributed by atoms with Crippen molar-refractivity contribution in [2.24, 2.45) is 5.18 Å². The van der Waals surface area contributed by atoms with Gasteiger partial charge in [-0.25, -0.2) is 0 Å². The lowest BCUT2D eigenvalue weighted by atomic mass is 9.84. The molecule has 0 bridgehead atoms. The molecule has 3 unspecified atom stereocenters. The van der Waals surface area contributed by atoms with Gasteiger partial charge >= 0.3 is 0 Å². The monoisotopic (exact) mass is 186 g/mol. The first-order valence-electron chi connectivity index (χ1n) is 4.64. The summed E-state index contributed by atoms with van der Waals surface area (Å²) in [5, 5.41) is 3.26. The number of hydrogen-bond donors (Lipinski definition) is 0. The summed E-state index contributed by atoms with van der Waals surface area (Å²) >= 11 is 0. The average molecular weight is 186 g/mol. The van der Waals surface area contributed by atoms with Crippen molar-refractivity contribution in [2.45, 2.75) is 38.0 Å². The molecule has 1 aliphatic rings. The van der Waals surface area contributed by atoms with Gasteiger partial charge in [-0.15, -0.1) is 0 Å². The zero-order valence-corrected chi connectivity index (χ0v) is 8.78. The molecule has 13 heavy (non-hydrogen) atoms. The molecule has 0 aromatic rings. The maximum atomic E-state index is 10.8. The second kappa shape index (κ2) is 3.72. The normalized spacial score (nSPS) is 40.7. The van der Waals surface area contributed by atoms with Crippen molar-refractivity contribution >= 4 is 0 Å². The van der Waals surface area contributed by atoms with Crippen LogP contribution in [0, 0.1) is 4.91 Å². The topological polar surface area (TPSA) is 41.9 Å². The van der Waals surface area contributed by atoms with Gasteiger partial charge in [-0.2, -0.15) is 4.91 Å². The van der Waals surface area contributed by atoms with E-state index in [0.29, 0.717) is 13.0 Å². The molecule has 1 aliphatic heterocycles. The molecular weight excluding hydrogens is 168 g/mol. The molecular formula is C9H18N2O2. The van der Waals surface area contributed by atoms with Crippen LogP contribution in [0.2, 0.25) is 0 Å². The van der Waals surface area contributed by atoms with Crippen LogP contribution in [0.15, 0.2) is 5.18 Å². The van der Waals surface area contributed by atoms with E-state index in [1.165, 1.54) is 0 Å². The summed E-state index contributed by atoms with van der Waals surface area (Å²) in [5.74, 6) is 0. The molecule has 0 aromatic carbocycles. The van der Waals surface area contributed by atoms with Crippen LogP contribution in [0.4, 0.5) is 0 Å². The summed E-state index contributed by atoms with van der Waals surface area (Å²) in [6, 6.07) is 0.0822. The summed E-state index contributed by atoms with van der Waals surface area (Å²) in [5.41, 5.74) is -0.499. The molecule has 0 spiro atoms. The van der Waals surface area contributed by atoms with Crippen molar-refractivity contribution in [1.82, 2.24) is 4.90 Å². The molecule has 0 aliphatic carbocycles. The summed E-state index contributed by atoms with van der Waals surface area (Å²) in [4.78, 5) is 12.8. The summed E-state index contributed by atoms with van der Waals surface area (Å²) in [7, 11) is 3.92. The highest BCUT2D eigenvalue weighted by atomic mass is 16.5. The Morgan fingerprint density at radius 3 is 2.54 bits per heavy atom. The van der Waals surface area contributed by atoms with E-state index in [4.69, 9.17) is 4.74 Å². The third-order valence-corrected chi connectivity index (χ3v) is 2.84. The van der Waals surface area contributed by atoms with Gasteiger partial charge in [0.2, 0.25) is 0 Å². The molecule has 1 heterocycles. The maximum Gasteiger partial charge on any atom is 0.120 e. The first-order valence-corrected chi connectivity index (χ1v) is 4.64. The van der Waals surface area contributed by atoms with Crippen LogP contribution in [0.5, 0.6) is 0 Å². The lowest BCUT2D eigenvalue weighted by Crippen LogP contribution is -2.57. The van der Waals surface area contributed by atoms with Gasteiger partial charge in [-0.3, -0.25) is 0 Å². The van der Waals surface area contributed by atoms with E-state index in [1.807, 2.05) is 32.8 Å². The number of likely N-dealkylation sites (N-methyl/N-ethyl adjacent to an activating group) is 1. The van der Waals surface area contributed by atoms with Crippen LogP contribution in [0.1, 0.15) is 20.3 Å². The van der Waals surface area contributed by atoms with E-state index in [-0.39, 0.29) is 12.1 Å². The zero-order chi connectivity index (χ0) is 10.1. The van der Waals surface area contributed by atoms with Crippen molar-refractivity contribution in [1.29, 1.82) is 0 Å². The van der Waals surface area contributed by atoms with Gasteiger partial charge < -0.3 is 9.64 Å². The van der Waals surface area contributed by atoms with Gasteiger partial charge in [0.15, 0.2) is 0 Å². The Balaban J connectivity index is 2.86. The molecule has 4 nitrogen and oxygen atoms in total. The number of ether oxygens (including phenoxy) is 1. The van der Waals surface area contributed by atoms with Gasteiger partial charge in [0.25, 0.3) is 0 Å². The molecule has 0 amide bonds. The Kier molecular flexibility index (Phi) is 3.03. The van der Waals surface area contributed by atoms with Crippen LogP contribution in [0.25, 0.3) is 0 Å². The number of nitrogens with zero attached hydrogens (tertiary/aromatic N) is 2. The van der Waals surface area contributed by atoms with Crippen LogP contribution in [0.3, 0.4) is 0 Å². The number of nitroso groups, excluding NO2 is 1. The third-order valence-electron chi connectivity index (χ3n) is 2.84. The van der Waals surface area contributed by atoms with Crippen molar-refractivity contribution in [3.63, 3.8) is 0 Å². The highest BCUT2D eigenvalue weighted by Crippen LogP contribution is 2.31. The van der Waals surface area contributed by atoms with Crippen molar-refractivity contribution in [2.75, 3.05) is 20.7 Å². The Bertz CT molecular complexity index is 196. The first kappa shape index (κ1) is 10.6. The fraction of sp³-hybridized carbons (Fsp3) is 1.00. The van der Waals surface area contributed by atoms with E-state index >= 15 is 0 Å². The van der Waals surface area contributed by atoms with E-state index in [9.17, 15) is 4.91 Å². The highest BCUT2D eigenvalue weighted by Gasteiger charge is 2.44. The van der Waals surface area contributed by atoms with Gasteiger partial charge in [-0.1, -0.05) is 5.18 Å². The van der Waals surface area contributed by atoms with Gasteiger partial charge in [0.1, 0.15) is 5.54 Å². The van der Waals surface area contributed by atoms with Crippen LogP contribution in [-0.2, 0) is 4.74 Å². The second-order valence-electron chi connectivity index (χ2n) is 4.18. The molecule has 4 heteroatoms. The van der Waals surface area contributed by atoms with Crippen LogP contribution >= 0.6 is 0 Å². The van der Waals surface area contributed by atoms with Gasteiger partial charge in [0, 0.05) is 13.0 Å². The zero-order valence-electron chi connectivity index (χ0n) is 8.78. The first-order chi connectivity index (χ1) is 6.01. The Morgan fingerprint density at radius 1 is 1.54 bits per heavy atom. The molecule has 3 atom stereocenters. The van der Waals surface area contributed by atoms with Crippen molar-refractivity contribution in [3.8, 4) is 0 Å². The van der Waals surface area contributed by atoms with Crippen LogP contribution < -0.4 is 0 Å². The fourth-order valence-corrected chi connectivity index (χ4v) is 2.27. The summed E-state index contributed by atoms with van der Waals surface area (Å²) in [6.07, 6.45) is 0.787. The van der Waals surface area contributed by atoms with Crippen LogP contribution in [-0.4, -0.2) is 43.3 Å². The molecule has 0 saturated carbocycles. The van der Waals surface area contributed by atoms with E-state index in [1.54, 1.807) is 0 Å². The number of hydrogen-bond acceptors (Lipinski definition) is 4. The molecule has 0 aromatic heterocycles. The van der Waals surface area contributed by atoms with Gasteiger partial charge in [-0.05, 0) is 27.9 Å². The smallest absolute Gasteiger partial charge is 0.120 e. The van der Waals surface area contributed by atoms with E-state index in [2.05, 4.69) is 5.18 Å². The van der Waals surface area contributed by atoms with E-state index in [0.717, 1.165) is 0 Å². The van der Waals surface area contributed by atoms with Gasteiger partial charge in [0.05, 0.1) is 12.1 Å². The van der Waals surface area contributed by atoms with Crippen molar-refractivity contribution in [3.05, 3.63) is 4.91 Å². The predicted octanol–water partition coefficient (Wildman–Crippen LogP) is 1.25. The standard InChI is InChI=1S/C9H18N2O2/c1-7-8(11(3)4)9(2,10-12)5-6-13-7/h7-8H,5-6H2,1-4H3. The predicted molar refractivity (Wildman–Crippen MR) is 51.7 cm³/mol. The molecule has 0 N–H and O–H groups in total. The summed E-state index contributed by atoms with van der Waals surface area (Å²) < 4.78 is 5.51. The Hall–Kier alpha value is -0.480.